The molecule has 1 aromatic carbocycles. The zero-order valence-corrected chi connectivity index (χ0v) is 13.4. The first-order chi connectivity index (χ1) is 10.5. The molecule has 1 saturated heterocycles. The molecule has 22 heavy (non-hydrogen) atoms. The van der Waals surface area contributed by atoms with Gasteiger partial charge in [-0.1, -0.05) is 6.07 Å². The summed E-state index contributed by atoms with van der Waals surface area (Å²) in [7, 11) is 3.42. The molecular formula is C16H23N3O3. The van der Waals surface area contributed by atoms with Gasteiger partial charge < -0.3 is 15.0 Å². The first-order valence-electron chi connectivity index (χ1n) is 7.39. The van der Waals surface area contributed by atoms with Crippen LogP contribution >= 0.6 is 0 Å². The number of piperazine rings is 1. The highest BCUT2D eigenvalue weighted by Gasteiger charge is 2.17. The van der Waals surface area contributed by atoms with Crippen molar-refractivity contribution >= 4 is 17.6 Å². The van der Waals surface area contributed by atoms with E-state index in [9.17, 15) is 9.59 Å². The summed E-state index contributed by atoms with van der Waals surface area (Å²) in [6.07, 6.45) is 0. The fourth-order valence-corrected chi connectivity index (χ4v) is 2.40. The molecule has 1 aliphatic heterocycles. The summed E-state index contributed by atoms with van der Waals surface area (Å²) in [5.74, 6) is -0.468. The molecule has 1 fully saturated rings. The van der Waals surface area contributed by atoms with Crippen LogP contribution in [0.25, 0.3) is 0 Å². The van der Waals surface area contributed by atoms with Gasteiger partial charge >= 0.3 is 5.97 Å². The van der Waals surface area contributed by atoms with Gasteiger partial charge in [-0.25, -0.2) is 4.79 Å². The maximum atomic E-state index is 12.2. The van der Waals surface area contributed by atoms with Crippen molar-refractivity contribution in [1.29, 1.82) is 0 Å². The first-order valence-corrected chi connectivity index (χ1v) is 7.39. The Morgan fingerprint density at radius 3 is 2.55 bits per heavy atom. The Morgan fingerprint density at radius 1 is 1.23 bits per heavy atom. The molecule has 0 aromatic heterocycles. The predicted octanol–water partition coefficient (Wildman–Crippen LogP) is 0.968. The van der Waals surface area contributed by atoms with Crippen molar-refractivity contribution in [2.45, 2.75) is 6.92 Å². The molecule has 6 heteroatoms. The number of carbonyl (C=O) groups excluding carboxylic acids is 2. The van der Waals surface area contributed by atoms with Gasteiger partial charge in [-0.3, -0.25) is 9.69 Å². The number of benzene rings is 1. The lowest BCUT2D eigenvalue weighted by molar-refractivity contribution is -0.117. The molecule has 2 rings (SSSR count). The maximum Gasteiger partial charge on any atom is 0.337 e. The van der Waals surface area contributed by atoms with Crippen molar-refractivity contribution < 1.29 is 14.3 Å². The van der Waals surface area contributed by atoms with Crippen LogP contribution in [0, 0.1) is 6.92 Å². The van der Waals surface area contributed by atoms with Crippen LogP contribution in [0.3, 0.4) is 0 Å². The van der Waals surface area contributed by atoms with E-state index in [0.717, 1.165) is 31.7 Å². The predicted molar refractivity (Wildman–Crippen MR) is 85.1 cm³/mol. The van der Waals surface area contributed by atoms with Gasteiger partial charge in [0.15, 0.2) is 0 Å². The lowest BCUT2D eigenvalue weighted by Gasteiger charge is -2.31. The van der Waals surface area contributed by atoms with Crippen molar-refractivity contribution in [3.05, 3.63) is 29.3 Å². The number of methoxy groups -OCH3 is 1. The Morgan fingerprint density at radius 2 is 1.91 bits per heavy atom. The van der Waals surface area contributed by atoms with Crippen LogP contribution in [0.1, 0.15) is 15.9 Å². The van der Waals surface area contributed by atoms with Crippen molar-refractivity contribution in [3.8, 4) is 0 Å². The second-order valence-corrected chi connectivity index (χ2v) is 5.65. The fourth-order valence-electron chi connectivity index (χ4n) is 2.40. The zero-order chi connectivity index (χ0) is 16.1. The van der Waals surface area contributed by atoms with Crippen LogP contribution in [-0.2, 0) is 9.53 Å². The van der Waals surface area contributed by atoms with Gasteiger partial charge in [0.05, 0.1) is 19.2 Å². The molecule has 0 bridgehead atoms. The Bertz CT molecular complexity index is 552. The number of carbonyl (C=O) groups is 2. The minimum atomic E-state index is -0.408. The molecule has 0 aliphatic carbocycles. The number of nitrogens with one attached hydrogen (secondary N) is 1. The van der Waals surface area contributed by atoms with Gasteiger partial charge in [0.25, 0.3) is 0 Å². The molecule has 1 aliphatic rings. The van der Waals surface area contributed by atoms with E-state index in [4.69, 9.17) is 4.74 Å². The topological polar surface area (TPSA) is 61.9 Å². The highest BCUT2D eigenvalue weighted by Crippen LogP contribution is 2.17. The normalized spacial score (nSPS) is 16.3. The Kier molecular flexibility index (Phi) is 5.51. The highest BCUT2D eigenvalue weighted by atomic mass is 16.5. The third kappa shape index (κ3) is 4.29. The van der Waals surface area contributed by atoms with Crippen molar-refractivity contribution in [3.63, 3.8) is 0 Å². The van der Waals surface area contributed by atoms with E-state index < -0.39 is 5.97 Å². The first kappa shape index (κ1) is 16.5. The number of hydrogen-bond acceptors (Lipinski definition) is 5. The molecule has 0 spiro atoms. The monoisotopic (exact) mass is 305 g/mol. The lowest BCUT2D eigenvalue weighted by atomic mass is 10.1. The van der Waals surface area contributed by atoms with Crippen LogP contribution in [0.2, 0.25) is 0 Å². The summed E-state index contributed by atoms with van der Waals surface area (Å²) in [4.78, 5) is 28.1. The van der Waals surface area contributed by atoms with Crippen LogP contribution in [0.4, 0.5) is 5.69 Å². The summed E-state index contributed by atoms with van der Waals surface area (Å²) in [6.45, 7) is 6.01. The molecule has 1 aromatic rings. The van der Waals surface area contributed by atoms with Gasteiger partial charge in [0.2, 0.25) is 5.91 Å². The summed E-state index contributed by atoms with van der Waals surface area (Å²) >= 11 is 0. The van der Waals surface area contributed by atoms with E-state index in [1.165, 1.54) is 7.11 Å². The smallest absolute Gasteiger partial charge is 0.337 e. The molecule has 0 atom stereocenters. The van der Waals surface area contributed by atoms with Gasteiger partial charge in [0, 0.05) is 31.9 Å². The van der Waals surface area contributed by atoms with E-state index in [1.54, 1.807) is 18.2 Å². The molecule has 1 N–H and O–H groups in total. The number of anilines is 1. The third-order valence-corrected chi connectivity index (χ3v) is 3.90. The Balaban J connectivity index is 1.97. The number of aryl methyl sites for hydroxylation is 1. The van der Waals surface area contributed by atoms with Crippen LogP contribution in [0.5, 0.6) is 0 Å². The lowest BCUT2D eigenvalue weighted by Crippen LogP contribution is -2.47. The minimum absolute atomic E-state index is 0.0605. The van der Waals surface area contributed by atoms with Gasteiger partial charge in [-0.2, -0.15) is 0 Å². The standard InChI is InChI=1S/C16H23N3O3/c1-12-4-5-13(16(21)22-3)10-14(12)17-15(20)11-19-8-6-18(2)7-9-19/h4-5,10H,6-9,11H2,1-3H3,(H,17,20). The van der Waals surface area contributed by atoms with E-state index in [0.29, 0.717) is 17.8 Å². The molecule has 1 amide bonds. The van der Waals surface area contributed by atoms with Crippen LogP contribution in [0.15, 0.2) is 18.2 Å². The molecule has 0 unspecified atom stereocenters. The summed E-state index contributed by atoms with van der Waals surface area (Å²) in [5, 5.41) is 2.89. The van der Waals surface area contributed by atoms with Crippen LogP contribution in [-0.4, -0.2) is 68.6 Å². The third-order valence-electron chi connectivity index (χ3n) is 3.90. The average molecular weight is 305 g/mol. The zero-order valence-electron chi connectivity index (χ0n) is 13.4. The average Bonchev–Trinajstić information content (AvgIpc) is 2.51. The number of esters is 1. The van der Waals surface area contributed by atoms with Gasteiger partial charge in [0.1, 0.15) is 0 Å². The largest absolute Gasteiger partial charge is 0.465 e. The van der Waals surface area contributed by atoms with Gasteiger partial charge in [-0.05, 0) is 31.7 Å². The van der Waals surface area contributed by atoms with Gasteiger partial charge in [-0.15, -0.1) is 0 Å². The SMILES string of the molecule is COC(=O)c1ccc(C)c(NC(=O)CN2CCN(C)CC2)c1. The minimum Gasteiger partial charge on any atom is -0.465 e. The number of likely N-dealkylation sites (N-methyl/N-ethyl adjacent to an activating group) is 1. The summed E-state index contributed by atoms with van der Waals surface area (Å²) < 4.78 is 4.70. The Labute approximate surface area is 131 Å². The molecule has 6 nitrogen and oxygen atoms in total. The number of hydrogen-bond donors (Lipinski definition) is 1. The number of nitrogens with zero attached hydrogens (tertiary/aromatic N) is 2. The molecule has 120 valence electrons. The number of amides is 1. The summed E-state index contributed by atoms with van der Waals surface area (Å²) in [5.41, 5.74) is 2.00. The quantitative estimate of drug-likeness (QED) is 0.840. The highest BCUT2D eigenvalue weighted by molar-refractivity contribution is 5.96. The van der Waals surface area contributed by atoms with Crippen molar-refractivity contribution in [2.24, 2.45) is 0 Å². The van der Waals surface area contributed by atoms with E-state index in [-0.39, 0.29) is 5.91 Å². The number of ether oxygens (including phenoxy) is 1. The second kappa shape index (κ2) is 7.38. The van der Waals surface area contributed by atoms with Crippen molar-refractivity contribution in [2.75, 3.05) is 52.2 Å². The molecule has 1 heterocycles. The van der Waals surface area contributed by atoms with Crippen LogP contribution < -0.4 is 5.32 Å². The maximum absolute atomic E-state index is 12.2. The molecule has 0 radical (unpaired) electrons. The van der Waals surface area contributed by atoms with E-state index >= 15 is 0 Å². The molecular weight excluding hydrogens is 282 g/mol. The second-order valence-electron chi connectivity index (χ2n) is 5.65. The van der Waals surface area contributed by atoms with Crippen molar-refractivity contribution in [1.82, 2.24) is 9.80 Å². The summed E-state index contributed by atoms with van der Waals surface area (Å²) in [6, 6.07) is 5.15. The fraction of sp³-hybridized carbons (Fsp3) is 0.500. The van der Waals surface area contributed by atoms with E-state index in [2.05, 4.69) is 22.2 Å². The van der Waals surface area contributed by atoms with E-state index in [1.807, 2.05) is 6.92 Å². The molecule has 0 saturated carbocycles. The Hall–Kier alpha value is -1.92. The number of rotatable bonds is 4.